The predicted molar refractivity (Wildman–Crippen MR) is 99.4 cm³/mol. The molecule has 25 heavy (non-hydrogen) atoms. The Balaban J connectivity index is 2.14. The third kappa shape index (κ3) is 3.20. The molecular weight excluding hydrogens is 341 g/mol. The van der Waals surface area contributed by atoms with Crippen LogP contribution in [0, 0.1) is 19.7 Å². The van der Waals surface area contributed by atoms with Crippen LogP contribution in [0.2, 0.25) is 5.02 Å². The van der Waals surface area contributed by atoms with Gasteiger partial charge in [-0.1, -0.05) is 23.7 Å². The third-order valence-corrected chi connectivity index (χ3v) is 4.45. The average molecular weight is 360 g/mol. The van der Waals surface area contributed by atoms with Gasteiger partial charge >= 0.3 is 0 Å². The Labute approximate surface area is 151 Å². The van der Waals surface area contributed by atoms with Gasteiger partial charge in [0.2, 0.25) is 0 Å². The quantitative estimate of drug-likeness (QED) is 0.691. The molecule has 0 unspecified atom stereocenters. The van der Waals surface area contributed by atoms with E-state index < -0.39 is 0 Å². The summed E-state index contributed by atoms with van der Waals surface area (Å²) in [6.07, 6.45) is 0. The molecule has 0 amide bonds. The number of anilines is 2. The molecule has 1 aromatic heterocycles. The molecule has 3 rings (SSSR count). The maximum atomic E-state index is 14.6. The lowest BCUT2D eigenvalue weighted by molar-refractivity contribution is 0.411. The van der Waals surface area contributed by atoms with Crippen LogP contribution in [0.15, 0.2) is 36.4 Å². The van der Waals surface area contributed by atoms with Crippen LogP contribution in [0.4, 0.5) is 15.9 Å². The number of halogens is 2. The number of methoxy groups -OCH3 is 1. The molecule has 0 bridgehead atoms. The summed E-state index contributed by atoms with van der Waals surface area (Å²) in [6, 6.07) is 10.5. The first-order valence-corrected chi connectivity index (χ1v) is 8.19. The molecule has 0 saturated carbocycles. The predicted octanol–water partition coefficient (Wildman–Crippen LogP) is 5.25. The summed E-state index contributed by atoms with van der Waals surface area (Å²) >= 11 is 6.32. The van der Waals surface area contributed by atoms with Crippen LogP contribution in [0.5, 0.6) is 5.75 Å². The Morgan fingerprint density at radius 3 is 2.60 bits per heavy atom. The molecule has 130 valence electrons. The molecule has 4 nitrogen and oxygen atoms in total. The summed E-state index contributed by atoms with van der Waals surface area (Å²) < 4.78 is 21.4. The number of benzene rings is 2. The molecule has 0 aliphatic heterocycles. The van der Waals surface area contributed by atoms with Crippen molar-refractivity contribution in [2.75, 3.05) is 12.4 Å². The average Bonchev–Trinajstić information content (AvgIpc) is 2.84. The Hall–Kier alpha value is -2.53. The molecule has 1 heterocycles. The van der Waals surface area contributed by atoms with Gasteiger partial charge in [-0.25, -0.2) is 4.39 Å². The molecule has 0 aliphatic carbocycles. The fourth-order valence-corrected chi connectivity index (χ4v) is 3.13. The fourth-order valence-electron chi connectivity index (χ4n) is 2.86. The zero-order chi connectivity index (χ0) is 18.1. The van der Waals surface area contributed by atoms with E-state index in [-0.39, 0.29) is 5.82 Å². The molecule has 0 spiro atoms. The zero-order valence-electron chi connectivity index (χ0n) is 14.5. The van der Waals surface area contributed by atoms with E-state index in [1.165, 1.54) is 13.2 Å². The summed E-state index contributed by atoms with van der Waals surface area (Å²) in [5, 5.41) is 8.36. The van der Waals surface area contributed by atoms with Crippen LogP contribution in [-0.2, 0) is 7.05 Å². The number of rotatable bonds is 4. The molecule has 0 saturated heterocycles. The molecule has 3 aromatic rings. The minimum atomic E-state index is -0.366. The molecule has 2 aromatic carbocycles. The van der Waals surface area contributed by atoms with Gasteiger partial charge in [-0.15, -0.1) is 0 Å². The van der Waals surface area contributed by atoms with Crippen molar-refractivity contribution in [2.45, 2.75) is 13.8 Å². The topological polar surface area (TPSA) is 39.1 Å². The largest absolute Gasteiger partial charge is 0.497 e. The van der Waals surface area contributed by atoms with Gasteiger partial charge in [-0.05, 0) is 37.6 Å². The number of aryl methyl sites for hydroxylation is 3. The summed E-state index contributed by atoms with van der Waals surface area (Å²) in [6.45, 7) is 3.81. The first-order chi connectivity index (χ1) is 11.9. The summed E-state index contributed by atoms with van der Waals surface area (Å²) in [7, 11) is 3.32. The van der Waals surface area contributed by atoms with E-state index in [9.17, 15) is 4.39 Å². The number of hydrogen-bond acceptors (Lipinski definition) is 3. The Bertz CT molecular complexity index is 916. The number of ether oxygens (including phenoxy) is 1. The SMILES string of the molecule is COc1ccc(-c2c(C)nn(C)c2Nc2c(C)cccc2Cl)c(F)c1. The lowest BCUT2D eigenvalue weighted by atomic mass is 10.0. The molecule has 6 heteroatoms. The summed E-state index contributed by atoms with van der Waals surface area (Å²) in [5.41, 5.74) is 3.65. The lowest BCUT2D eigenvalue weighted by Crippen LogP contribution is -2.02. The van der Waals surface area contributed by atoms with E-state index in [1.807, 2.05) is 39.1 Å². The minimum absolute atomic E-state index is 0.366. The van der Waals surface area contributed by atoms with E-state index in [0.717, 1.165) is 16.9 Å². The van der Waals surface area contributed by atoms with Gasteiger partial charge in [-0.2, -0.15) is 5.10 Å². The van der Waals surface area contributed by atoms with Gasteiger partial charge in [0.25, 0.3) is 0 Å². The first-order valence-electron chi connectivity index (χ1n) is 7.82. The third-order valence-electron chi connectivity index (χ3n) is 4.13. The van der Waals surface area contributed by atoms with E-state index in [1.54, 1.807) is 16.8 Å². The van der Waals surface area contributed by atoms with Crippen molar-refractivity contribution in [3.8, 4) is 16.9 Å². The van der Waals surface area contributed by atoms with Crippen LogP contribution in [0.25, 0.3) is 11.1 Å². The van der Waals surface area contributed by atoms with E-state index in [2.05, 4.69) is 10.4 Å². The summed E-state index contributed by atoms with van der Waals surface area (Å²) in [4.78, 5) is 0. The van der Waals surface area contributed by atoms with Crippen molar-refractivity contribution in [3.63, 3.8) is 0 Å². The van der Waals surface area contributed by atoms with Crippen molar-refractivity contribution in [2.24, 2.45) is 7.05 Å². The number of nitrogens with zero attached hydrogens (tertiary/aromatic N) is 2. The normalized spacial score (nSPS) is 10.8. The lowest BCUT2D eigenvalue weighted by Gasteiger charge is -2.14. The van der Waals surface area contributed by atoms with E-state index in [0.29, 0.717) is 27.7 Å². The Kier molecular flexibility index (Phi) is 4.68. The van der Waals surface area contributed by atoms with Gasteiger partial charge in [0.1, 0.15) is 17.4 Å². The van der Waals surface area contributed by atoms with Crippen molar-refractivity contribution >= 4 is 23.1 Å². The molecule has 0 fully saturated rings. The second-order valence-corrected chi connectivity index (χ2v) is 6.24. The van der Waals surface area contributed by atoms with Gasteiger partial charge in [0.15, 0.2) is 0 Å². The van der Waals surface area contributed by atoms with E-state index in [4.69, 9.17) is 16.3 Å². The maximum absolute atomic E-state index is 14.6. The van der Waals surface area contributed by atoms with E-state index >= 15 is 0 Å². The van der Waals surface area contributed by atoms with Crippen LogP contribution in [-0.4, -0.2) is 16.9 Å². The highest BCUT2D eigenvalue weighted by atomic mass is 35.5. The van der Waals surface area contributed by atoms with Crippen molar-refractivity contribution in [1.29, 1.82) is 0 Å². The fraction of sp³-hybridized carbons (Fsp3) is 0.211. The van der Waals surface area contributed by atoms with Gasteiger partial charge in [-0.3, -0.25) is 4.68 Å². The van der Waals surface area contributed by atoms with Gasteiger partial charge < -0.3 is 10.1 Å². The number of nitrogens with one attached hydrogen (secondary N) is 1. The number of hydrogen-bond donors (Lipinski definition) is 1. The first kappa shape index (κ1) is 17.3. The van der Waals surface area contributed by atoms with Crippen LogP contribution >= 0.6 is 11.6 Å². The van der Waals surface area contributed by atoms with Crippen molar-refractivity contribution in [1.82, 2.24) is 9.78 Å². The van der Waals surface area contributed by atoms with Crippen LogP contribution in [0.3, 0.4) is 0 Å². The smallest absolute Gasteiger partial charge is 0.136 e. The molecule has 0 radical (unpaired) electrons. The molecule has 0 atom stereocenters. The van der Waals surface area contributed by atoms with Crippen LogP contribution in [0.1, 0.15) is 11.3 Å². The van der Waals surface area contributed by atoms with Crippen LogP contribution < -0.4 is 10.1 Å². The Morgan fingerprint density at radius 2 is 1.96 bits per heavy atom. The summed E-state index contributed by atoms with van der Waals surface area (Å²) in [5.74, 6) is 0.784. The Morgan fingerprint density at radius 1 is 1.20 bits per heavy atom. The van der Waals surface area contributed by atoms with Crippen molar-refractivity contribution < 1.29 is 9.13 Å². The standard InChI is InChI=1S/C19H19ClFN3O/c1-11-6-5-7-15(20)18(11)22-19-17(12(2)23-24(19)3)14-9-8-13(25-4)10-16(14)21/h5-10,22H,1-4H3. The second kappa shape index (κ2) is 6.76. The highest BCUT2D eigenvalue weighted by Crippen LogP contribution is 2.37. The molecule has 1 N–H and O–H groups in total. The number of aromatic nitrogens is 2. The van der Waals surface area contributed by atoms with Crippen molar-refractivity contribution in [3.05, 3.63) is 58.5 Å². The monoisotopic (exact) mass is 359 g/mol. The second-order valence-electron chi connectivity index (χ2n) is 5.84. The van der Waals surface area contributed by atoms with Gasteiger partial charge in [0.05, 0.1) is 29.1 Å². The molecule has 0 aliphatic rings. The molecular formula is C19H19ClFN3O. The zero-order valence-corrected chi connectivity index (χ0v) is 15.3. The minimum Gasteiger partial charge on any atom is -0.497 e. The van der Waals surface area contributed by atoms with Gasteiger partial charge in [0, 0.05) is 18.7 Å². The maximum Gasteiger partial charge on any atom is 0.136 e. The number of para-hydroxylation sites is 1. The highest BCUT2D eigenvalue weighted by molar-refractivity contribution is 6.33. The highest BCUT2D eigenvalue weighted by Gasteiger charge is 2.20.